The molecule has 1 saturated heterocycles. The van der Waals surface area contributed by atoms with Gasteiger partial charge in [0, 0.05) is 17.9 Å². The number of halogens is 1. The highest BCUT2D eigenvalue weighted by Gasteiger charge is 2.24. The molecule has 1 heterocycles. The van der Waals surface area contributed by atoms with Crippen LogP contribution in [0.3, 0.4) is 0 Å². The SMILES string of the molecule is Cc1cccc(C)c1CC1COCCC1Cl. The smallest absolute Gasteiger partial charge is 0.0511 e. The van der Waals surface area contributed by atoms with E-state index in [0.717, 1.165) is 26.1 Å². The summed E-state index contributed by atoms with van der Waals surface area (Å²) in [6.07, 6.45) is 2.03. The molecule has 0 bridgehead atoms. The van der Waals surface area contributed by atoms with Gasteiger partial charge < -0.3 is 4.74 Å². The van der Waals surface area contributed by atoms with E-state index in [-0.39, 0.29) is 5.38 Å². The van der Waals surface area contributed by atoms with Gasteiger partial charge in [0.1, 0.15) is 0 Å². The fraction of sp³-hybridized carbons (Fsp3) is 0.571. The van der Waals surface area contributed by atoms with Crippen molar-refractivity contribution in [3.8, 4) is 0 Å². The Labute approximate surface area is 103 Å². The van der Waals surface area contributed by atoms with Crippen molar-refractivity contribution in [3.05, 3.63) is 34.9 Å². The fourth-order valence-electron chi connectivity index (χ4n) is 2.39. The van der Waals surface area contributed by atoms with E-state index < -0.39 is 0 Å². The van der Waals surface area contributed by atoms with E-state index in [0.29, 0.717) is 5.92 Å². The molecule has 0 amide bonds. The lowest BCUT2D eigenvalue weighted by atomic mass is 9.89. The Hall–Kier alpha value is -0.530. The molecule has 1 nitrogen and oxygen atoms in total. The third-order valence-electron chi connectivity index (χ3n) is 3.49. The van der Waals surface area contributed by atoms with Gasteiger partial charge in [-0.25, -0.2) is 0 Å². The molecule has 2 heteroatoms. The number of aryl methyl sites for hydroxylation is 2. The third kappa shape index (κ3) is 2.58. The van der Waals surface area contributed by atoms with Crippen LogP contribution in [-0.4, -0.2) is 18.6 Å². The van der Waals surface area contributed by atoms with E-state index >= 15 is 0 Å². The molecule has 1 aliphatic heterocycles. The van der Waals surface area contributed by atoms with Crippen molar-refractivity contribution in [2.45, 2.75) is 32.1 Å². The zero-order chi connectivity index (χ0) is 11.5. The van der Waals surface area contributed by atoms with E-state index in [1.807, 2.05) is 0 Å². The topological polar surface area (TPSA) is 9.23 Å². The highest BCUT2D eigenvalue weighted by molar-refractivity contribution is 6.20. The Morgan fingerprint density at radius 3 is 2.62 bits per heavy atom. The molecule has 0 N–H and O–H groups in total. The minimum Gasteiger partial charge on any atom is -0.381 e. The molecule has 0 aromatic heterocycles. The minimum absolute atomic E-state index is 0.271. The second-order valence-corrected chi connectivity index (χ2v) is 5.27. The molecule has 2 atom stereocenters. The summed E-state index contributed by atoms with van der Waals surface area (Å²) in [4.78, 5) is 0. The highest BCUT2D eigenvalue weighted by Crippen LogP contribution is 2.26. The van der Waals surface area contributed by atoms with Crippen LogP contribution in [0.25, 0.3) is 0 Å². The van der Waals surface area contributed by atoms with Gasteiger partial charge in [0.2, 0.25) is 0 Å². The second kappa shape index (κ2) is 5.20. The van der Waals surface area contributed by atoms with E-state index in [2.05, 4.69) is 32.0 Å². The number of hydrogen-bond acceptors (Lipinski definition) is 1. The molecule has 88 valence electrons. The van der Waals surface area contributed by atoms with Crippen LogP contribution in [0.2, 0.25) is 0 Å². The Kier molecular flexibility index (Phi) is 3.88. The van der Waals surface area contributed by atoms with Gasteiger partial charge in [-0.05, 0) is 43.4 Å². The Balaban J connectivity index is 2.13. The molecule has 2 unspecified atom stereocenters. The van der Waals surface area contributed by atoms with Crippen molar-refractivity contribution < 1.29 is 4.74 Å². The zero-order valence-electron chi connectivity index (χ0n) is 10.0. The Morgan fingerprint density at radius 1 is 1.31 bits per heavy atom. The molecule has 1 fully saturated rings. The van der Waals surface area contributed by atoms with Crippen molar-refractivity contribution in [1.82, 2.24) is 0 Å². The first-order valence-electron chi connectivity index (χ1n) is 5.95. The van der Waals surface area contributed by atoms with Gasteiger partial charge >= 0.3 is 0 Å². The summed E-state index contributed by atoms with van der Waals surface area (Å²) in [5, 5.41) is 0.271. The number of ether oxygens (including phenoxy) is 1. The van der Waals surface area contributed by atoms with Gasteiger partial charge in [-0.2, -0.15) is 0 Å². The maximum absolute atomic E-state index is 6.36. The average Bonchev–Trinajstić information content (AvgIpc) is 2.26. The maximum atomic E-state index is 6.36. The summed E-state index contributed by atoms with van der Waals surface area (Å²) < 4.78 is 5.52. The molecular formula is C14H19ClO. The lowest BCUT2D eigenvalue weighted by Crippen LogP contribution is -2.30. The van der Waals surface area contributed by atoms with Crippen LogP contribution in [-0.2, 0) is 11.2 Å². The predicted molar refractivity (Wildman–Crippen MR) is 68.2 cm³/mol. The van der Waals surface area contributed by atoms with Crippen molar-refractivity contribution in [2.24, 2.45) is 5.92 Å². The largest absolute Gasteiger partial charge is 0.381 e. The molecule has 2 rings (SSSR count). The van der Waals surface area contributed by atoms with Gasteiger partial charge in [0.25, 0.3) is 0 Å². The minimum atomic E-state index is 0.271. The normalized spacial score (nSPS) is 25.7. The number of hydrogen-bond donors (Lipinski definition) is 0. The monoisotopic (exact) mass is 238 g/mol. The molecular weight excluding hydrogens is 220 g/mol. The van der Waals surface area contributed by atoms with Crippen LogP contribution in [0.1, 0.15) is 23.1 Å². The van der Waals surface area contributed by atoms with Crippen molar-refractivity contribution in [1.29, 1.82) is 0 Å². The van der Waals surface area contributed by atoms with Crippen molar-refractivity contribution in [3.63, 3.8) is 0 Å². The Bertz CT molecular complexity index is 342. The molecule has 1 aromatic carbocycles. The van der Waals surface area contributed by atoms with E-state index in [1.165, 1.54) is 16.7 Å². The van der Waals surface area contributed by atoms with E-state index in [1.54, 1.807) is 0 Å². The quantitative estimate of drug-likeness (QED) is 0.717. The van der Waals surface area contributed by atoms with Crippen LogP contribution in [0.4, 0.5) is 0 Å². The number of rotatable bonds is 2. The molecule has 0 aliphatic carbocycles. The molecule has 16 heavy (non-hydrogen) atoms. The fourth-order valence-corrected chi connectivity index (χ4v) is 2.64. The zero-order valence-corrected chi connectivity index (χ0v) is 10.8. The summed E-state index contributed by atoms with van der Waals surface area (Å²) >= 11 is 6.36. The van der Waals surface area contributed by atoms with Crippen LogP contribution >= 0.6 is 11.6 Å². The Morgan fingerprint density at radius 2 is 2.00 bits per heavy atom. The van der Waals surface area contributed by atoms with Gasteiger partial charge in [0.05, 0.1) is 6.61 Å². The summed E-state index contributed by atoms with van der Waals surface area (Å²) in [5.41, 5.74) is 4.19. The molecule has 0 spiro atoms. The first-order valence-corrected chi connectivity index (χ1v) is 6.39. The predicted octanol–water partition coefficient (Wildman–Crippen LogP) is 3.49. The van der Waals surface area contributed by atoms with E-state index in [4.69, 9.17) is 16.3 Å². The number of benzene rings is 1. The summed E-state index contributed by atoms with van der Waals surface area (Å²) in [7, 11) is 0. The van der Waals surface area contributed by atoms with Crippen molar-refractivity contribution >= 4 is 11.6 Å². The van der Waals surface area contributed by atoms with Gasteiger partial charge in [-0.15, -0.1) is 11.6 Å². The standard InChI is InChI=1S/C14H19ClO/c1-10-4-3-5-11(2)13(10)8-12-9-16-7-6-14(12)15/h3-5,12,14H,6-9H2,1-2H3. The van der Waals surface area contributed by atoms with Crippen LogP contribution < -0.4 is 0 Å². The third-order valence-corrected chi connectivity index (χ3v) is 4.07. The second-order valence-electron chi connectivity index (χ2n) is 4.71. The van der Waals surface area contributed by atoms with Crippen LogP contribution in [0.15, 0.2) is 18.2 Å². The summed E-state index contributed by atoms with van der Waals surface area (Å²) in [5.74, 6) is 0.468. The summed E-state index contributed by atoms with van der Waals surface area (Å²) in [6.45, 7) is 5.98. The first-order chi connectivity index (χ1) is 7.68. The lowest BCUT2D eigenvalue weighted by Gasteiger charge is -2.28. The van der Waals surface area contributed by atoms with Gasteiger partial charge in [-0.3, -0.25) is 0 Å². The molecule has 0 saturated carbocycles. The summed E-state index contributed by atoms with van der Waals surface area (Å²) in [6, 6.07) is 6.47. The first kappa shape index (κ1) is 11.9. The van der Waals surface area contributed by atoms with Crippen molar-refractivity contribution in [2.75, 3.05) is 13.2 Å². The number of alkyl halides is 1. The highest BCUT2D eigenvalue weighted by atomic mass is 35.5. The maximum Gasteiger partial charge on any atom is 0.0511 e. The van der Waals surface area contributed by atoms with Gasteiger partial charge in [0.15, 0.2) is 0 Å². The molecule has 0 radical (unpaired) electrons. The molecule has 1 aromatic rings. The lowest BCUT2D eigenvalue weighted by molar-refractivity contribution is 0.0577. The van der Waals surface area contributed by atoms with Gasteiger partial charge in [-0.1, -0.05) is 18.2 Å². The average molecular weight is 239 g/mol. The van der Waals surface area contributed by atoms with Crippen LogP contribution in [0, 0.1) is 19.8 Å². The van der Waals surface area contributed by atoms with Crippen LogP contribution in [0.5, 0.6) is 0 Å². The molecule has 1 aliphatic rings. The van der Waals surface area contributed by atoms with E-state index in [9.17, 15) is 0 Å².